The minimum atomic E-state index is -0.770. The van der Waals surface area contributed by atoms with Gasteiger partial charge in [-0.05, 0) is 25.1 Å². The van der Waals surface area contributed by atoms with Gasteiger partial charge in [-0.1, -0.05) is 0 Å². The quantitative estimate of drug-likeness (QED) is 0.553. The molecule has 1 aromatic rings. The van der Waals surface area contributed by atoms with Crippen molar-refractivity contribution in [3.8, 4) is 6.07 Å². The maximum atomic E-state index is 11.9. The number of nitriles is 1. The van der Waals surface area contributed by atoms with Crippen LogP contribution in [0.1, 0.15) is 27.6 Å². The Morgan fingerprint density at radius 3 is 2.56 bits per heavy atom. The van der Waals surface area contributed by atoms with Crippen LogP contribution >= 0.6 is 0 Å². The fourth-order valence-corrected chi connectivity index (χ4v) is 1.69. The molecule has 0 radical (unpaired) electrons. The van der Waals surface area contributed by atoms with Crippen LogP contribution in [0.4, 0.5) is 5.69 Å². The molecular formula is C11H9N3O2. The molecule has 1 heterocycles. The number of hydrogen-bond acceptors (Lipinski definition) is 4. The van der Waals surface area contributed by atoms with Gasteiger partial charge in [0.1, 0.15) is 6.04 Å². The summed E-state index contributed by atoms with van der Waals surface area (Å²) in [6, 6.07) is 5.63. The van der Waals surface area contributed by atoms with E-state index in [1.807, 2.05) is 6.07 Å². The van der Waals surface area contributed by atoms with Crippen LogP contribution in [0, 0.1) is 11.3 Å². The zero-order valence-electron chi connectivity index (χ0n) is 8.60. The number of benzene rings is 1. The molecule has 0 fully saturated rings. The maximum absolute atomic E-state index is 11.9. The van der Waals surface area contributed by atoms with Crippen LogP contribution in [0.2, 0.25) is 0 Å². The van der Waals surface area contributed by atoms with Gasteiger partial charge in [0.05, 0.1) is 17.2 Å². The summed E-state index contributed by atoms with van der Waals surface area (Å²) < 4.78 is 0. The Morgan fingerprint density at radius 1 is 1.31 bits per heavy atom. The molecule has 0 saturated heterocycles. The molecule has 0 aliphatic carbocycles. The Hall–Kier alpha value is -2.35. The molecule has 0 spiro atoms. The predicted molar refractivity (Wildman–Crippen MR) is 56.4 cm³/mol. The van der Waals surface area contributed by atoms with Gasteiger partial charge >= 0.3 is 0 Å². The molecule has 1 aliphatic heterocycles. The fraction of sp³-hybridized carbons (Fsp3) is 0.182. The number of imide groups is 1. The summed E-state index contributed by atoms with van der Waals surface area (Å²) in [6.45, 7) is 1.50. The number of nitrogen functional groups attached to an aromatic ring is 1. The summed E-state index contributed by atoms with van der Waals surface area (Å²) in [7, 11) is 0. The number of nitrogens with zero attached hydrogens (tertiary/aromatic N) is 2. The molecule has 2 rings (SSSR count). The highest BCUT2D eigenvalue weighted by Crippen LogP contribution is 2.26. The molecular weight excluding hydrogens is 206 g/mol. The summed E-state index contributed by atoms with van der Waals surface area (Å²) in [5, 5.41) is 8.74. The van der Waals surface area contributed by atoms with Crippen molar-refractivity contribution in [3.63, 3.8) is 0 Å². The van der Waals surface area contributed by atoms with Gasteiger partial charge < -0.3 is 5.73 Å². The summed E-state index contributed by atoms with van der Waals surface area (Å²) in [4.78, 5) is 24.6. The van der Waals surface area contributed by atoms with Crippen LogP contribution in [0.5, 0.6) is 0 Å². The van der Waals surface area contributed by atoms with Crippen molar-refractivity contribution in [1.82, 2.24) is 4.90 Å². The van der Waals surface area contributed by atoms with Gasteiger partial charge in [-0.3, -0.25) is 14.5 Å². The minimum Gasteiger partial charge on any atom is -0.399 e. The van der Waals surface area contributed by atoms with Crippen molar-refractivity contribution >= 4 is 17.5 Å². The number of rotatable bonds is 1. The lowest BCUT2D eigenvalue weighted by Crippen LogP contribution is -2.36. The monoisotopic (exact) mass is 215 g/mol. The van der Waals surface area contributed by atoms with Crippen LogP contribution < -0.4 is 5.73 Å². The van der Waals surface area contributed by atoms with Crippen molar-refractivity contribution in [3.05, 3.63) is 29.3 Å². The molecule has 5 nitrogen and oxygen atoms in total. The van der Waals surface area contributed by atoms with Gasteiger partial charge in [0.25, 0.3) is 11.8 Å². The largest absolute Gasteiger partial charge is 0.399 e. The molecule has 0 bridgehead atoms. The van der Waals surface area contributed by atoms with Crippen LogP contribution in [-0.2, 0) is 0 Å². The van der Waals surface area contributed by atoms with Crippen molar-refractivity contribution < 1.29 is 9.59 Å². The molecule has 1 unspecified atom stereocenters. The summed E-state index contributed by atoms with van der Waals surface area (Å²) in [6.07, 6.45) is 0. The third kappa shape index (κ3) is 1.24. The van der Waals surface area contributed by atoms with Gasteiger partial charge in [-0.15, -0.1) is 0 Å². The first kappa shape index (κ1) is 10.2. The van der Waals surface area contributed by atoms with Gasteiger partial charge in [0.15, 0.2) is 0 Å². The molecule has 0 aromatic heterocycles. The second-order valence-corrected chi connectivity index (χ2v) is 3.59. The molecule has 2 amide bonds. The van der Waals surface area contributed by atoms with Crippen molar-refractivity contribution in [2.75, 3.05) is 5.73 Å². The first-order valence-electron chi connectivity index (χ1n) is 4.73. The number of amides is 2. The maximum Gasteiger partial charge on any atom is 0.262 e. The summed E-state index contributed by atoms with van der Waals surface area (Å²) in [5.74, 6) is -0.893. The van der Waals surface area contributed by atoms with Gasteiger partial charge in [-0.25, -0.2) is 0 Å². The van der Waals surface area contributed by atoms with Crippen molar-refractivity contribution in [1.29, 1.82) is 5.26 Å². The fourth-order valence-electron chi connectivity index (χ4n) is 1.69. The van der Waals surface area contributed by atoms with E-state index in [9.17, 15) is 9.59 Å². The first-order chi connectivity index (χ1) is 7.56. The average molecular weight is 215 g/mol. The Bertz CT molecular complexity index is 531. The highest BCUT2D eigenvalue weighted by Gasteiger charge is 2.38. The third-order valence-electron chi connectivity index (χ3n) is 2.52. The van der Waals surface area contributed by atoms with Crippen LogP contribution in [0.15, 0.2) is 18.2 Å². The summed E-state index contributed by atoms with van der Waals surface area (Å²) in [5.41, 5.74) is 6.55. The number of anilines is 1. The highest BCUT2D eigenvalue weighted by molar-refractivity contribution is 6.22. The van der Waals surface area contributed by atoms with E-state index in [2.05, 4.69) is 0 Å². The van der Waals surface area contributed by atoms with Crippen LogP contribution in [0.25, 0.3) is 0 Å². The Kier molecular flexibility index (Phi) is 2.13. The lowest BCUT2D eigenvalue weighted by atomic mass is 10.1. The van der Waals surface area contributed by atoms with Crippen LogP contribution in [-0.4, -0.2) is 22.8 Å². The second kappa shape index (κ2) is 3.35. The summed E-state index contributed by atoms with van der Waals surface area (Å²) >= 11 is 0. The van der Waals surface area contributed by atoms with E-state index >= 15 is 0 Å². The smallest absolute Gasteiger partial charge is 0.262 e. The van der Waals surface area contributed by atoms with E-state index in [0.717, 1.165) is 4.90 Å². The predicted octanol–water partition coefficient (Wildman–Crippen LogP) is 0.777. The van der Waals surface area contributed by atoms with Gasteiger partial charge in [0.2, 0.25) is 0 Å². The first-order valence-corrected chi connectivity index (χ1v) is 4.73. The molecule has 5 heteroatoms. The van der Waals surface area contributed by atoms with E-state index < -0.39 is 17.9 Å². The van der Waals surface area contributed by atoms with Gasteiger partial charge in [0, 0.05) is 5.69 Å². The van der Waals surface area contributed by atoms with E-state index in [-0.39, 0.29) is 5.56 Å². The average Bonchev–Trinajstić information content (AvgIpc) is 2.51. The lowest BCUT2D eigenvalue weighted by Gasteiger charge is -2.15. The molecule has 1 aliphatic rings. The standard InChI is InChI=1S/C11H9N3O2/c1-6(5-12)14-10(15)8-3-2-7(13)4-9(8)11(14)16/h2-4,6H,13H2,1H3. The molecule has 16 heavy (non-hydrogen) atoms. The van der Waals surface area contributed by atoms with Crippen LogP contribution in [0.3, 0.4) is 0 Å². The number of fused-ring (bicyclic) bond motifs is 1. The number of carbonyl (C=O) groups is 2. The molecule has 1 aromatic carbocycles. The van der Waals surface area contributed by atoms with E-state index in [0.29, 0.717) is 11.3 Å². The topological polar surface area (TPSA) is 87.2 Å². The normalized spacial score (nSPS) is 15.9. The molecule has 1 atom stereocenters. The van der Waals surface area contributed by atoms with Crippen molar-refractivity contribution in [2.45, 2.75) is 13.0 Å². The Labute approximate surface area is 92.1 Å². The molecule has 2 N–H and O–H groups in total. The van der Waals surface area contributed by atoms with E-state index in [4.69, 9.17) is 11.0 Å². The van der Waals surface area contributed by atoms with Crippen molar-refractivity contribution in [2.24, 2.45) is 0 Å². The second-order valence-electron chi connectivity index (χ2n) is 3.59. The molecule has 0 saturated carbocycles. The lowest BCUT2D eigenvalue weighted by molar-refractivity contribution is 0.0629. The third-order valence-corrected chi connectivity index (χ3v) is 2.52. The number of nitrogens with two attached hydrogens (primary N) is 1. The zero-order valence-corrected chi connectivity index (χ0v) is 8.60. The highest BCUT2D eigenvalue weighted by atomic mass is 16.2. The molecule has 80 valence electrons. The van der Waals surface area contributed by atoms with E-state index in [1.165, 1.54) is 19.1 Å². The Balaban J connectivity index is 2.53. The Morgan fingerprint density at radius 2 is 1.94 bits per heavy atom. The van der Waals surface area contributed by atoms with E-state index in [1.54, 1.807) is 6.07 Å². The zero-order chi connectivity index (χ0) is 11.9. The SMILES string of the molecule is CC(C#N)N1C(=O)c2ccc(N)cc2C1=O. The van der Waals surface area contributed by atoms with Gasteiger partial charge in [-0.2, -0.15) is 5.26 Å². The minimum absolute atomic E-state index is 0.270. The number of carbonyl (C=O) groups excluding carboxylic acids is 2. The number of hydrogen-bond donors (Lipinski definition) is 1.